The molecule has 0 N–H and O–H groups in total. The lowest BCUT2D eigenvalue weighted by atomic mass is 10.1. The van der Waals surface area contributed by atoms with Crippen molar-refractivity contribution in [3.63, 3.8) is 0 Å². The molecule has 1 rings (SSSR count). The van der Waals surface area contributed by atoms with Crippen molar-refractivity contribution in [1.82, 2.24) is 0 Å². The van der Waals surface area contributed by atoms with Crippen LogP contribution in [0.15, 0.2) is 28.8 Å². The van der Waals surface area contributed by atoms with Crippen LogP contribution in [-0.2, 0) is 0 Å². The second kappa shape index (κ2) is 3.51. The number of hydrogen-bond donors (Lipinski definition) is 0. The lowest BCUT2D eigenvalue weighted by Gasteiger charge is -2.06. The summed E-state index contributed by atoms with van der Waals surface area (Å²) in [5, 5.41) is 0. The Kier molecular flexibility index (Phi) is 2.64. The lowest BCUT2D eigenvalue weighted by Crippen LogP contribution is -2.01. The first-order chi connectivity index (χ1) is 5.18. The van der Waals surface area contributed by atoms with Crippen molar-refractivity contribution in [2.75, 3.05) is 0 Å². The average molecular weight is 149 g/mol. The Morgan fingerprint density at radius 1 is 1.36 bits per heavy atom. The van der Waals surface area contributed by atoms with Crippen LogP contribution in [0, 0.1) is 0 Å². The predicted octanol–water partition coefficient (Wildman–Crippen LogP) is 2.74. The molecule has 0 radical (unpaired) electrons. The van der Waals surface area contributed by atoms with Gasteiger partial charge in [-0.05, 0) is 33.3 Å². The van der Waals surface area contributed by atoms with Gasteiger partial charge in [0, 0.05) is 5.71 Å². The van der Waals surface area contributed by atoms with Gasteiger partial charge in [-0.25, -0.2) is 0 Å². The third kappa shape index (κ3) is 2.71. The van der Waals surface area contributed by atoms with E-state index in [1.54, 1.807) is 0 Å². The van der Waals surface area contributed by atoms with Crippen LogP contribution < -0.4 is 0 Å². The lowest BCUT2D eigenvalue weighted by molar-refractivity contribution is 0.756. The zero-order valence-corrected chi connectivity index (χ0v) is 7.46. The fourth-order valence-electron chi connectivity index (χ4n) is 1.12. The summed E-state index contributed by atoms with van der Waals surface area (Å²) in [5.74, 6) is 0. The van der Waals surface area contributed by atoms with Gasteiger partial charge in [0.1, 0.15) is 0 Å². The Morgan fingerprint density at radius 2 is 2.09 bits per heavy atom. The molecule has 0 saturated heterocycles. The van der Waals surface area contributed by atoms with Gasteiger partial charge in [0.2, 0.25) is 0 Å². The van der Waals surface area contributed by atoms with Crippen LogP contribution in [-0.4, -0.2) is 11.8 Å². The molecule has 60 valence electrons. The van der Waals surface area contributed by atoms with E-state index in [9.17, 15) is 0 Å². The van der Waals surface area contributed by atoms with E-state index in [0.717, 1.165) is 12.1 Å². The Balaban J connectivity index is 2.82. The highest BCUT2D eigenvalue weighted by Crippen LogP contribution is 2.07. The van der Waals surface area contributed by atoms with Gasteiger partial charge in [0.05, 0.1) is 6.04 Å². The molecule has 0 bridgehead atoms. The summed E-state index contributed by atoms with van der Waals surface area (Å²) < 4.78 is 0. The average Bonchev–Trinajstić information content (AvgIpc) is 1.95. The third-order valence-electron chi connectivity index (χ3n) is 1.79. The van der Waals surface area contributed by atoms with Crippen molar-refractivity contribution in [3.05, 3.63) is 23.8 Å². The minimum absolute atomic E-state index is 0.440. The van der Waals surface area contributed by atoms with Crippen LogP contribution in [0.4, 0.5) is 0 Å². The van der Waals surface area contributed by atoms with Crippen LogP contribution in [0.25, 0.3) is 0 Å². The van der Waals surface area contributed by atoms with E-state index < -0.39 is 0 Å². The molecule has 0 aromatic rings. The third-order valence-corrected chi connectivity index (χ3v) is 1.79. The first-order valence-corrected chi connectivity index (χ1v) is 4.08. The highest BCUT2D eigenvalue weighted by Gasteiger charge is 1.98. The molecule has 11 heavy (non-hydrogen) atoms. The van der Waals surface area contributed by atoms with Crippen LogP contribution in [0.1, 0.15) is 27.2 Å². The van der Waals surface area contributed by atoms with Gasteiger partial charge in [-0.1, -0.05) is 17.7 Å². The topological polar surface area (TPSA) is 12.4 Å². The fraction of sp³-hybridized carbons (Fsp3) is 0.500. The molecule has 1 heteroatoms. The number of aliphatic imine (C=N–C) groups is 1. The van der Waals surface area contributed by atoms with E-state index in [4.69, 9.17) is 0 Å². The van der Waals surface area contributed by atoms with Crippen molar-refractivity contribution in [1.29, 1.82) is 0 Å². The quantitative estimate of drug-likeness (QED) is 0.502. The largest absolute Gasteiger partial charge is 0.287 e. The molecule has 0 spiro atoms. The van der Waals surface area contributed by atoms with Crippen molar-refractivity contribution in [2.24, 2.45) is 4.99 Å². The van der Waals surface area contributed by atoms with Gasteiger partial charge in [-0.2, -0.15) is 0 Å². The summed E-state index contributed by atoms with van der Waals surface area (Å²) in [5.41, 5.74) is 2.47. The van der Waals surface area contributed by atoms with Crippen molar-refractivity contribution < 1.29 is 0 Å². The smallest absolute Gasteiger partial charge is 0.0509 e. The molecule has 0 aromatic carbocycles. The van der Waals surface area contributed by atoms with E-state index in [0.29, 0.717) is 6.04 Å². The molecule has 0 saturated carbocycles. The van der Waals surface area contributed by atoms with E-state index in [2.05, 4.69) is 37.1 Å². The Morgan fingerprint density at radius 3 is 2.82 bits per heavy atom. The molecule has 1 heterocycles. The van der Waals surface area contributed by atoms with Gasteiger partial charge in [0.15, 0.2) is 0 Å². The molecule has 0 aromatic heterocycles. The second-order valence-corrected chi connectivity index (χ2v) is 3.14. The minimum Gasteiger partial charge on any atom is -0.287 e. The minimum atomic E-state index is 0.440. The van der Waals surface area contributed by atoms with Crippen LogP contribution in [0.2, 0.25) is 0 Å². The van der Waals surface area contributed by atoms with Gasteiger partial charge < -0.3 is 0 Å². The van der Waals surface area contributed by atoms with E-state index >= 15 is 0 Å². The van der Waals surface area contributed by atoms with Gasteiger partial charge in [-0.15, -0.1) is 0 Å². The summed E-state index contributed by atoms with van der Waals surface area (Å²) in [6.45, 7) is 6.32. The zero-order valence-electron chi connectivity index (χ0n) is 7.46. The molecule has 1 atom stereocenters. The SMILES string of the molecule is CC1=N/C(C)C/C=C(C)/C=C\1. The maximum Gasteiger partial charge on any atom is 0.0509 e. The highest BCUT2D eigenvalue weighted by molar-refractivity contribution is 5.93. The van der Waals surface area contributed by atoms with Crippen LogP contribution in [0.3, 0.4) is 0 Å². The summed E-state index contributed by atoms with van der Waals surface area (Å²) in [6.07, 6.45) is 7.48. The van der Waals surface area contributed by atoms with Gasteiger partial charge in [0.25, 0.3) is 0 Å². The summed E-state index contributed by atoms with van der Waals surface area (Å²) >= 11 is 0. The van der Waals surface area contributed by atoms with Crippen LogP contribution >= 0.6 is 0 Å². The summed E-state index contributed by atoms with van der Waals surface area (Å²) in [4.78, 5) is 4.46. The van der Waals surface area contributed by atoms with Crippen LogP contribution in [0.5, 0.6) is 0 Å². The first-order valence-electron chi connectivity index (χ1n) is 4.08. The molecule has 0 fully saturated rings. The summed E-state index contributed by atoms with van der Waals surface area (Å²) in [6, 6.07) is 0.440. The Bertz CT molecular complexity index is 221. The molecule has 1 unspecified atom stereocenters. The van der Waals surface area contributed by atoms with E-state index in [-0.39, 0.29) is 0 Å². The van der Waals surface area contributed by atoms with E-state index in [1.807, 2.05) is 6.92 Å². The van der Waals surface area contributed by atoms with Crippen molar-refractivity contribution in [3.8, 4) is 0 Å². The van der Waals surface area contributed by atoms with Gasteiger partial charge in [-0.3, -0.25) is 4.99 Å². The number of allylic oxidation sites excluding steroid dienone is 3. The normalized spacial score (nSPS) is 37.5. The highest BCUT2D eigenvalue weighted by atomic mass is 14.8. The van der Waals surface area contributed by atoms with Crippen molar-refractivity contribution >= 4 is 5.71 Å². The zero-order chi connectivity index (χ0) is 8.27. The van der Waals surface area contributed by atoms with Crippen molar-refractivity contribution in [2.45, 2.75) is 33.2 Å². The molecule has 1 aliphatic heterocycles. The maximum absolute atomic E-state index is 4.46. The Labute approximate surface area is 68.5 Å². The maximum atomic E-state index is 4.46. The molecular weight excluding hydrogens is 134 g/mol. The predicted molar refractivity (Wildman–Crippen MR) is 50.1 cm³/mol. The second-order valence-electron chi connectivity index (χ2n) is 3.14. The van der Waals surface area contributed by atoms with E-state index in [1.165, 1.54) is 5.57 Å². The molecule has 0 amide bonds. The van der Waals surface area contributed by atoms with Gasteiger partial charge >= 0.3 is 0 Å². The summed E-state index contributed by atoms with van der Waals surface area (Å²) in [7, 11) is 0. The molecule has 0 aliphatic carbocycles. The molecule has 1 nitrogen and oxygen atoms in total. The first kappa shape index (κ1) is 8.25. The fourth-order valence-corrected chi connectivity index (χ4v) is 1.12. The molecular formula is C10H15N. The Hall–Kier alpha value is -0.850. The number of hydrogen-bond acceptors (Lipinski definition) is 1. The number of nitrogens with zero attached hydrogens (tertiary/aromatic N) is 1. The monoisotopic (exact) mass is 149 g/mol. The number of rotatable bonds is 0. The standard InChI is InChI=1S/C10H15N/c1-8-4-6-9(2)11-10(3)7-5-8/h4-6,10H,7H2,1-3H3/b6-4-,8-5+,11-9-. The molecule has 1 aliphatic rings.